The van der Waals surface area contributed by atoms with Crippen molar-refractivity contribution in [3.05, 3.63) is 10.1 Å². The summed E-state index contributed by atoms with van der Waals surface area (Å²) in [5.41, 5.74) is 0. The van der Waals surface area contributed by atoms with E-state index < -0.39 is 11.0 Å². The van der Waals surface area contributed by atoms with Crippen LogP contribution >= 0.6 is 0 Å². The normalized spacial score (nSPS) is 9.36. The number of hydrazine groups is 2. The molecule has 0 aliphatic heterocycles. The maximum absolute atomic E-state index is 10.2. The highest BCUT2D eigenvalue weighted by molar-refractivity contribution is 5.79. The second-order valence-electron chi connectivity index (χ2n) is 1.86. The molecule has 0 saturated carbocycles. The number of aliphatic imine (C=N–C) groups is 1. The second-order valence-corrected chi connectivity index (χ2v) is 1.86. The van der Waals surface area contributed by atoms with Gasteiger partial charge in [-0.3, -0.25) is 5.41 Å². The number of nitrogens with zero attached hydrogens (tertiary/aromatic N) is 4. The average Bonchev–Trinajstić information content (AvgIpc) is 1.85. The van der Waals surface area contributed by atoms with Crippen molar-refractivity contribution >= 4 is 12.7 Å². The Balaban J connectivity index is 4.46. The lowest BCUT2D eigenvalue weighted by Crippen LogP contribution is -2.44. The molecule has 0 rings (SSSR count). The third-order valence-corrected chi connectivity index (χ3v) is 0.873. The highest BCUT2D eigenvalue weighted by atomic mass is 16.7. The summed E-state index contributed by atoms with van der Waals surface area (Å²) in [5, 5.41) is 18.0. The fraction of sp³-hybridized carbons (Fsp3) is 0.500. The number of guanidine groups is 1. The van der Waals surface area contributed by atoms with Crippen LogP contribution in [0.2, 0.25) is 0 Å². The monoisotopic (exact) mass is 159 g/mol. The molecule has 0 unspecified atom stereocenters. The minimum atomic E-state index is -0.753. The Morgan fingerprint density at radius 1 is 1.73 bits per heavy atom. The quantitative estimate of drug-likeness (QED) is 0.257. The van der Waals surface area contributed by atoms with Gasteiger partial charge in [0.1, 0.15) is 0 Å². The van der Waals surface area contributed by atoms with Gasteiger partial charge in [0.05, 0.1) is 0 Å². The number of nitrogens with one attached hydrogen (secondary N) is 1. The first-order chi connectivity index (χ1) is 5.00. The number of hydrogen-bond acceptors (Lipinski definition) is 4. The predicted octanol–water partition coefficient (Wildman–Crippen LogP) is -0.408. The molecular weight excluding hydrogens is 150 g/mol. The van der Waals surface area contributed by atoms with Gasteiger partial charge in [0.2, 0.25) is 0 Å². The molecule has 0 spiro atoms. The summed E-state index contributed by atoms with van der Waals surface area (Å²) in [7, 11) is 2.87. The molecule has 0 heterocycles. The Labute approximate surface area is 63.5 Å². The third kappa shape index (κ3) is 2.30. The number of hydrogen-bond donors (Lipinski definition) is 1. The van der Waals surface area contributed by atoms with Gasteiger partial charge >= 0.3 is 5.96 Å². The van der Waals surface area contributed by atoms with Gasteiger partial charge in [-0.1, -0.05) is 0 Å². The van der Waals surface area contributed by atoms with E-state index in [4.69, 9.17) is 5.41 Å². The van der Waals surface area contributed by atoms with Crippen molar-refractivity contribution in [2.24, 2.45) is 4.99 Å². The Bertz CT molecular complexity index is 189. The SMILES string of the molecule is C=NC(=N)N(N(C)C)[N+](=O)[O-]. The number of rotatable bonds is 2. The van der Waals surface area contributed by atoms with E-state index in [0.717, 1.165) is 5.01 Å². The van der Waals surface area contributed by atoms with E-state index in [9.17, 15) is 10.1 Å². The average molecular weight is 159 g/mol. The van der Waals surface area contributed by atoms with Crippen molar-refractivity contribution in [1.29, 1.82) is 5.41 Å². The van der Waals surface area contributed by atoms with Crippen LogP contribution in [0.3, 0.4) is 0 Å². The van der Waals surface area contributed by atoms with Crippen LogP contribution in [0.15, 0.2) is 4.99 Å². The summed E-state index contributed by atoms with van der Waals surface area (Å²) in [6.07, 6.45) is 0. The molecule has 0 atom stereocenters. The van der Waals surface area contributed by atoms with Gasteiger partial charge < -0.3 is 0 Å². The lowest BCUT2D eigenvalue weighted by molar-refractivity contribution is -0.668. The van der Waals surface area contributed by atoms with Crippen molar-refractivity contribution in [3.63, 3.8) is 0 Å². The van der Waals surface area contributed by atoms with Gasteiger partial charge in [-0.2, -0.15) is 5.01 Å². The van der Waals surface area contributed by atoms with Crippen molar-refractivity contribution in [3.8, 4) is 0 Å². The van der Waals surface area contributed by atoms with Crippen molar-refractivity contribution < 1.29 is 5.03 Å². The molecule has 7 heteroatoms. The predicted molar refractivity (Wildman–Crippen MR) is 39.8 cm³/mol. The van der Waals surface area contributed by atoms with Gasteiger partial charge in [-0.25, -0.2) is 15.1 Å². The standard InChI is InChI=1S/C4H9N5O2/c1-6-4(5)8(7(2)3)9(10)11/h5H,1H2,2-3H3. The highest BCUT2D eigenvalue weighted by Crippen LogP contribution is 1.93. The Hall–Kier alpha value is -1.50. The Morgan fingerprint density at radius 3 is 2.27 bits per heavy atom. The van der Waals surface area contributed by atoms with E-state index in [2.05, 4.69) is 11.7 Å². The smallest absolute Gasteiger partial charge is 0.261 e. The molecule has 0 radical (unpaired) electrons. The Kier molecular flexibility index (Phi) is 3.12. The zero-order chi connectivity index (χ0) is 9.02. The molecule has 0 aromatic carbocycles. The topological polar surface area (TPSA) is 85.8 Å². The van der Waals surface area contributed by atoms with Crippen molar-refractivity contribution in [2.45, 2.75) is 0 Å². The summed E-state index contributed by atoms with van der Waals surface area (Å²) < 4.78 is 0. The molecule has 7 nitrogen and oxygen atoms in total. The summed E-state index contributed by atoms with van der Waals surface area (Å²) in [6.45, 7) is 3.00. The van der Waals surface area contributed by atoms with E-state index >= 15 is 0 Å². The van der Waals surface area contributed by atoms with Gasteiger partial charge in [-0.05, 0) is 6.72 Å². The largest absolute Gasteiger partial charge is 0.300 e. The lowest BCUT2D eigenvalue weighted by atomic mass is 10.9. The van der Waals surface area contributed by atoms with Crippen LogP contribution in [-0.2, 0) is 0 Å². The molecule has 0 aliphatic rings. The highest BCUT2D eigenvalue weighted by Gasteiger charge is 2.21. The molecule has 1 N–H and O–H groups in total. The molecule has 0 saturated heterocycles. The van der Waals surface area contributed by atoms with Gasteiger partial charge in [0, 0.05) is 19.2 Å². The van der Waals surface area contributed by atoms with Crippen LogP contribution in [0.25, 0.3) is 0 Å². The van der Waals surface area contributed by atoms with E-state index in [1.807, 2.05) is 0 Å². The summed E-state index contributed by atoms with van der Waals surface area (Å²) >= 11 is 0. The zero-order valence-corrected chi connectivity index (χ0v) is 6.31. The van der Waals surface area contributed by atoms with E-state index in [-0.39, 0.29) is 0 Å². The molecular formula is C4H9N5O2. The van der Waals surface area contributed by atoms with E-state index in [1.54, 1.807) is 0 Å². The van der Waals surface area contributed by atoms with Crippen molar-refractivity contribution in [2.75, 3.05) is 14.1 Å². The third-order valence-electron chi connectivity index (χ3n) is 0.873. The van der Waals surface area contributed by atoms with E-state index in [1.165, 1.54) is 14.1 Å². The van der Waals surface area contributed by atoms with E-state index in [0.29, 0.717) is 5.12 Å². The van der Waals surface area contributed by atoms with Crippen LogP contribution in [-0.4, -0.2) is 41.9 Å². The van der Waals surface area contributed by atoms with Gasteiger partial charge in [-0.15, -0.1) is 0 Å². The first-order valence-corrected chi connectivity index (χ1v) is 2.67. The van der Waals surface area contributed by atoms with Crippen LogP contribution in [0.5, 0.6) is 0 Å². The Morgan fingerprint density at radius 2 is 2.18 bits per heavy atom. The molecule has 0 aromatic heterocycles. The van der Waals surface area contributed by atoms with Crippen LogP contribution in [0.1, 0.15) is 0 Å². The fourth-order valence-corrected chi connectivity index (χ4v) is 0.476. The molecule has 0 aliphatic carbocycles. The minimum absolute atomic E-state index is 0.465. The summed E-state index contributed by atoms with van der Waals surface area (Å²) in [5.74, 6) is -0.514. The molecule has 62 valence electrons. The maximum Gasteiger partial charge on any atom is 0.300 e. The summed E-state index contributed by atoms with van der Waals surface area (Å²) in [6, 6.07) is 0. The van der Waals surface area contributed by atoms with Crippen LogP contribution in [0, 0.1) is 15.5 Å². The van der Waals surface area contributed by atoms with Crippen molar-refractivity contribution in [1.82, 2.24) is 10.1 Å². The molecule has 0 amide bonds. The van der Waals surface area contributed by atoms with Crippen LogP contribution in [0.4, 0.5) is 0 Å². The first-order valence-electron chi connectivity index (χ1n) is 2.67. The fourth-order valence-electron chi connectivity index (χ4n) is 0.476. The summed E-state index contributed by atoms with van der Waals surface area (Å²) in [4.78, 5) is 13.3. The minimum Gasteiger partial charge on any atom is -0.261 e. The van der Waals surface area contributed by atoms with Gasteiger partial charge in [0.25, 0.3) is 0 Å². The molecule has 0 fully saturated rings. The molecule has 0 aromatic rings. The maximum atomic E-state index is 10.2. The first kappa shape index (κ1) is 9.50. The molecule has 11 heavy (non-hydrogen) atoms. The molecule has 0 bridgehead atoms. The lowest BCUT2D eigenvalue weighted by Gasteiger charge is -2.16. The zero-order valence-electron chi connectivity index (χ0n) is 6.31. The van der Waals surface area contributed by atoms with Crippen LogP contribution < -0.4 is 0 Å². The number of nitro groups is 1. The second kappa shape index (κ2) is 3.62. The van der Waals surface area contributed by atoms with Gasteiger partial charge in [0.15, 0.2) is 5.03 Å².